The van der Waals surface area contributed by atoms with Crippen LogP contribution < -0.4 is 15.2 Å². The molecule has 2 aromatic rings. The van der Waals surface area contributed by atoms with Crippen LogP contribution in [0.2, 0.25) is 0 Å². The highest BCUT2D eigenvalue weighted by Crippen LogP contribution is 2.30. The van der Waals surface area contributed by atoms with Gasteiger partial charge in [0.15, 0.2) is 0 Å². The first kappa shape index (κ1) is 16.0. The number of hydrogen-bond donors (Lipinski definition) is 3. The molecule has 2 aromatic carbocycles. The molecule has 0 aliphatic heterocycles. The average molecular weight is 331 g/mol. The van der Waals surface area contributed by atoms with Gasteiger partial charge in [-0.15, -0.1) is 0 Å². The fourth-order valence-electron chi connectivity index (χ4n) is 1.65. The third-order valence-electron chi connectivity index (χ3n) is 2.61. The van der Waals surface area contributed by atoms with Crippen molar-refractivity contribution in [3.8, 4) is 0 Å². The Morgan fingerprint density at radius 2 is 1.50 bits per heavy atom. The van der Waals surface area contributed by atoms with E-state index in [1.54, 1.807) is 0 Å². The smallest absolute Gasteiger partial charge is 0.399 e. The highest BCUT2D eigenvalue weighted by molar-refractivity contribution is 7.94. The normalized spacial score (nSPS) is 12.0. The number of anilines is 3. The molecule has 2 rings (SSSR count). The van der Waals surface area contributed by atoms with Crippen LogP contribution >= 0.6 is 0 Å². The predicted octanol–water partition coefficient (Wildman–Crippen LogP) is 3.06. The number of alkyl halides is 3. The maximum Gasteiger partial charge on any atom is 0.416 e. The van der Waals surface area contributed by atoms with Crippen molar-refractivity contribution < 1.29 is 21.6 Å². The molecule has 9 heteroatoms. The predicted molar refractivity (Wildman–Crippen MR) is 78.5 cm³/mol. The maximum atomic E-state index is 12.6. The second-order valence-electron chi connectivity index (χ2n) is 4.41. The van der Waals surface area contributed by atoms with Crippen LogP contribution in [0.1, 0.15) is 5.56 Å². The van der Waals surface area contributed by atoms with Gasteiger partial charge in [-0.1, -0.05) is 6.07 Å². The molecule has 0 aromatic heterocycles. The van der Waals surface area contributed by atoms with E-state index in [9.17, 15) is 21.6 Å². The zero-order valence-corrected chi connectivity index (χ0v) is 11.9. The summed E-state index contributed by atoms with van der Waals surface area (Å²) in [7, 11) is -4.07. The molecule has 5 nitrogen and oxygen atoms in total. The third-order valence-corrected chi connectivity index (χ3v) is 3.61. The number of hydrogen-bond acceptors (Lipinski definition) is 3. The molecule has 0 bridgehead atoms. The lowest BCUT2D eigenvalue weighted by atomic mass is 10.2. The first-order valence-corrected chi connectivity index (χ1v) is 7.47. The summed E-state index contributed by atoms with van der Waals surface area (Å²) >= 11 is 0. The van der Waals surface area contributed by atoms with Crippen molar-refractivity contribution in [1.82, 2.24) is 0 Å². The van der Waals surface area contributed by atoms with Gasteiger partial charge in [0.05, 0.1) is 16.9 Å². The van der Waals surface area contributed by atoms with E-state index < -0.39 is 21.9 Å². The van der Waals surface area contributed by atoms with Gasteiger partial charge in [-0.2, -0.15) is 21.6 Å². The van der Waals surface area contributed by atoms with E-state index in [1.165, 1.54) is 30.3 Å². The lowest BCUT2D eigenvalue weighted by Crippen LogP contribution is -2.21. The van der Waals surface area contributed by atoms with Gasteiger partial charge in [-0.05, 0) is 42.5 Å². The highest BCUT2D eigenvalue weighted by atomic mass is 32.2. The summed E-state index contributed by atoms with van der Waals surface area (Å²) in [6, 6.07) is 9.74. The summed E-state index contributed by atoms with van der Waals surface area (Å²) < 4.78 is 65.7. The molecule has 4 N–H and O–H groups in total. The Kier molecular flexibility index (Phi) is 4.18. The van der Waals surface area contributed by atoms with Crippen molar-refractivity contribution in [1.29, 1.82) is 0 Å². The molecule has 0 spiro atoms. The average Bonchev–Trinajstić information content (AvgIpc) is 2.40. The Hall–Kier alpha value is -2.42. The van der Waals surface area contributed by atoms with Crippen LogP contribution in [0.25, 0.3) is 0 Å². The molecule has 0 saturated carbocycles. The molecule has 0 radical (unpaired) electrons. The number of nitrogens with one attached hydrogen (secondary N) is 2. The lowest BCUT2D eigenvalue weighted by molar-refractivity contribution is -0.137. The van der Waals surface area contributed by atoms with E-state index in [0.717, 1.165) is 12.1 Å². The molecule has 0 aliphatic rings. The molecule has 0 unspecified atom stereocenters. The second kappa shape index (κ2) is 5.76. The van der Waals surface area contributed by atoms with E-state index in [4.69, 9.17) is 5.73 Å². The fraction of sp³-hybridized carbons (Fsp3) is 0.0769. The molecule has 22 heavy (non-hydrogen) atoms. The van der Waals surface area contributed by atoms with Gasteiger partial charge in [0, 0.05) is 5.69 Å². The highest BCUT2D eigenvalue weighted by Gasteiger charge is 2.30. The SMILES string of the molecule is Nc1ccc(NS(=O)(=O)Nc2cccc(C(F)(F)F)c2)cc1. The first-order valence-electron chi connectivity index (χ1n) is 5.99. The van der Waals surface area contributed by atoms with E-state index in [2.05, 4.69) is 4.72 Å². The molecule has 0 fully saturated rings. The van der Waals surface area contributed by atoms with Crippen molar-refractivity contribution in [3.05, 3.63) is 54.1 Å². The molecular weight excluding hydrogens is 319 g/mol. The quantitative estimate of drug-likeness (QED) is 0.753. The Bertz CT molecular complexity index is 759. The summed E-state index contributed by atoms with van der Waals surface area (Å²) in [4.78, 5) is 0. The minimum absolute atomic E-state index is 0.197. The van der Waals surface area contributed by atoms with Gasteiger partial charge in [0.2, 0.25) is 0 Å². The van der Waals surface area contributed by atoms with Crippen LogP contribution in [0.3, 0.4) is 0 Å². The van der Waals surface area contributed by atoms with E-state index in [-0.39, 0.29) is 11.4 Å². The van der Waals surface area contributed by atoms with Gasteiger partial charge >= 0.3 is 16.4 Å². The van der Waals surface area contributed by atoms with Crippen LogP contribution in [0, 0.1) is 0 Å². The summed E-state index contributed by atoms with van der Waals surface area (Å²) in [5, 5.41) is 0. The summed E-state index contributed by atoms with van der Waals surface area (Å²) in [5.74, 6) is 0. The zero-order chi connectivity index (χ0) is 16.4. The monoisotopic (exact) mass is 331 g/mol. The van der Waals surface area contributed by atoms with Gasteiger partial charge < -0.3 is 5.73 Å². The van der Waals surface area contributed by atoms with Crippen LogP contribution in [0.15, 0.2) is 48.5 Å². The number of benzene rings is 2. The third kappa shape index (κ3) is 4.29. The fourth-order valence-corrected chi connectivity index (χ4v) is 2.58. The summed E-state index contributed by atoms with van der Waals surface area (Å²) in [6.45, 7) is 0. The van der Waals surface area contributed by atoms with Crippen molar-refractivity contribution in [2.45, 2.75) is 6.18 Å². The van der Waals surface area contributed by atoms with Gasteiger partial charge in [-0.25, -0.2) is 0 Å². The zero-order valence-electron chi connectivity index (χ0n) is 11.1. The Balaban J connectivity index is 2.17. The van der Waals surface area contributed by atoms with Crippen LogP contribution in [0.4, 0.5) is 30.2 Å². The van der Waals surface area contributed by atoms with E-state index in [1.807, 2.05) is 4.72 Å². The number of nitrogens with two attached hydrogens (primary N) is 1. The van der Waals surface area contributed by atoms with Gasteiger partial charge in [0.1, 0.15) is 0 Å². The standard InChI is InChI=1S/C13H12F3N3O2S/c14-13(15,16)9-2-1-3-12(8-9)19-22(20,21)18-11-6-4-10(17)5-7-11/h1-8,18-19H,17H2. The molecule has 0 atom stereocenters. The second-order valence-corrected chi connectivity index (χ2v) is 5.82. The Morgan fingerprint density at radius 3 is 2.09 bits per heavy atom. The minimum Gasteiger partial charge on any atom is -0.399 e. The Labute approximate surface area is 125 Å². The van der Waals surface area contributed by atoms with Gasteiger partial charge in [-0.3, -0.25) is 9.44 Å². The van der Waals surface area contributed by atoms with E-state index in [0.29, 0.717) is 11.8 Å². The van der Waals surface area contributed by atoms with Crippen molar-refractivity contribution in [2.75, 3.05) is 15.2 Å². The lowest BCUT2D eigenvalue weighted by Gasteiger charge is -2.12. The molecule has 118 valence electrons. The summed E-state index contributed by atoms with van der Waals surface area (Å²) in [6.07, 6.45) is -4.55. The number of nitrogen functional groups attached to an aromatic ring is 1. The molecule has 0 aliphatic carbocycles. The topological polar surface area (TPSA) is 84.2 Å². The molecule has 0 saturated heterocycles. The number of halogens is 3. The maximum absolute atomic E-state index is 12.6. The Morgan fingerprint density at radius 1 is 0.909 bits per heavy atom. The largest absolute Gasteiger partial charge is 0.416 e. The van der Waals surface area contributed by atoms with Crippen LogP contribution in [-0.2, 0) is 16.4 Å². The van der Waals surface area contributed by atoms with Crippen LogP contribution in [0.5, 0.6) is 0 Å². The first-order chi connectivity index (χ1) is 10.2. The van der Waals surface area contributed by atoms with Crippen LogP contribution in [-0.4, -0.2) is 8.42 Å². The molecular formula is C13H12F3N3O2S. The van der Waals surface area contributed by atoms with Crippen molar-refractivity contribution >= 4 is 27.3 Å². The van der Waals surface area contributed by atoms with Crippen molar-refractivity contribution in [3.63, 3.8) is 0 Å². The molecule has 0 amide bonds. The molecule has 0 heterocycles. The van der Waals surface area contributed by atoms with Crippen molar-refractivity contribution in [2.24, 2.45) is 0 Å². The minimum atomic E-state index is -4.55. The summed E-state index contributed by atoms with van der Waals surface area (Å²) in [5.41, 5.74) is 5.01. The van der Waals surface area contributed by atoms with E-state index >= 15 is 0 Å². The number of rotatable bonds is 4. The van der Waals surface area contributed by atoms with Gasteiger partial charge in [0.25, 0.3) is 0 Å².